The van der Waals surface area contributed by atoms with Gasteiger partial charge in [0.05, 0.1) is 18.2 Å². The quantitative estimate of drug-likeness (QED) is 0.157. The number of aliphatic hydroxyl groups is 1. The number of unbranched alkanes of at least 4 members (excludes halogenated alkanes) is 1. The average molecular weight is 748 g/mol. The highest BCUT2D eigenvalue weighted by Gasteiger charge is 2.48. The van der Waals surface area contributed by atoms with Crippen LogP contribution in [0.25, 0.3) is 0 Å². The number of esters is 1. The zero-order valence-corrected chi connectivity index (χ0v) is 34.0. The van der Waals surface area contributed by atoms with Gasteiger partial charge in [0, 0.05) is 38.9 Å². The number of nitrogens with zero attached hydrogens (tertiary/aromatic N) is 4. The van der Waals surface area contributed by atoms with E-state index in [0.29, 0.717) is 12.3 Å². The normalized spacial score (nSPS) is 22.1. The topological polar surface area (TPSA) is 174 Å². The van der Waals surface area contributed by atoms with Crippen LogP contribution in [0.5, 0.6) is 0 Å². The van der Waals surface area contributed by atoms with E-state index in [-0.39, 0.29) is 37.1 Å². The molecule has 0 aromatic rings. The molecule has 14 nitrogen and oxygen atoms in total. The lowest BCUT2D eigenvalue weighted by Crippen LogP contribution is -2.63. The van der Waals surface area contributed by atoms with Gasteiger partial charge in [-0.3, -0.25) is 48.7 Å². The minimum atomic E-state index is -1.36. The molecule has 0 aromatic heterocycles. The Morgan fingerprint density at radius 2 is 1.60 bits per heavy atom. The van der Waals surface area contributed by atoms with E-state index in [1.54, 1.807) is 33.9 Å². The van der Waals surface area contributed by atoms with E-state index in [4.69, 9.17) is 4.74 Å². The first kappa shape index (κ1) is 45.5. The molecule has 0 aliphatic carbocycles. The summed E-state index contributed by atoms with van der Waals surface area (Å²) in [6.45, 7) is 17.6. The van der Waals surface area contributed by atoms with E-state index >= 15 is 0 Å². The largest absolute Gasteiger partial charge is 0.461 e. The maximum atomic E-state index is 14.4. The van der Waals surface area contributed by atoms with Gasteiger partial charge >= 0.3 is 5.97 Å². The number of carbonyl (C=O) groups excluding carboxylic acids is 7. The number of amides is 6. The number of likely N-dealkylation sites (N-methyl/N-ethyl adjacent to an activating group) is 2. The first-order valence-corrected chi connectivity index (χ1v) is 19.2. The summed E-state index contributed by atoms with van der Waals surface area (Å²) < 4.78 is 5.46. The minimum Gasteiger partial charge on any atom is -0.461 e. The number of β-amino-alcohol motifs (C(OH)–C–C–N with tert-alkyl or cyclic N) is 1. The van der Waals surface area contributed by atoms with Crippen molar-refractivity contribution in [2.75, 3.05) is 20.6 Å². The molecule has 1 fully saturated rings. The third-order valence-corrected chi connectivity index (χ3v) is 10.4. The molecule has 2 rings (SSSR count). The standard InChI is InChI=1S/C39H65N5O9/c1-13-14-15-24(6)19-25(7)37(50)41(11)30(18-22(2)3)35(48)40-36(49)34(27(9)53-28(10)45)42(12)33(23(4)5)39(52)43-21-29(46)20-31(43)38(51)44-26(8)16-17-32(44)47/h16-17,22-27,29-31,33-34,46H,13-15,18-21H2,1-12H3,(H,40,48,49)/t24-,25-,26+,27-,29+,30+,31+,33+,34+/m1/s1. The van der Waals surface area contributed by atoms with Crippen LogP contribution in [0, 0.1) is 23.7 Å². The van der Waals surface area contributed by atoms with Gasteiger partial charge in [-0.1, -0.05) is 73.8 Å². The number of hydrogen-bond acceptors (Lipinski definition) is 10. The van der Waals surface area contributed by atoms with E-state index in [1.807, 2.05) is 20.8 Å². The number of likely N-dealkylation sites (tertiary alicyclic amines) is 1. The summed E-state index contributed by atoms with van der Waals surface area (Å²) in [5, 5.41) is 13.1. The van der Waals surface area contributed by atoms with E-state index in [0.717, 1.165) is 24.2 Å². The van der Waals surface area contributed by atoms with Gasteiger partial charge in [-0.2, -0.15) is 0 Å². The van der Waals surface area contributed by atoms with E-state index < -0.39 is 83.8 Å². The molecule has 14 heteroatoms. The van der Waals surface area contributed by atoms with E-state index in [9.17, 15) is 38.7 Å². The van der Waals surface area contributed by atoms with Gasteiger partial charge in [-0.05, 0) is 51.5 Å². The van der Waals surface area contributed by atoms with Crippen molar-refractivity contribution in [3.63, 3.8) is 0 Å². The molecule has 0 spiro atoms. The maximum absolute atomic E-state index is 14.4. The highest BCUT2D eigenvalue weighted by molar-refractivity contribution is 6.06. The Bertz CT molecular complexity index is 1370. The van der Waals surface area contributed by atoms with Gasteiger partial charge in [0.2, 0.25) is 23.6 Å². The molecule has 1 saturated heterocycles. The average Bonchev–Trinajstić information content (AvgIpc) is 3.61. The van der Waals surface area contributed by atoms with Crippen LogP contribution < -0.4 is 5.32 Å². The van der Waals surface area contributed by atoms with Crippen molar-refractivity contribution >= 4 is 41.4 Å². The van der Waals surface area contributed by atoms with Crippen LogP contribution in [0.2, 0.25) is 0 Å². The zero-order chi connectivity index (χ0) is 40.5. The number of carbonyl (C=O) groups is 7. The summed E-state index contributed by atoms with van der Waals surface area (Å²) in [7, 11) is 3.07. The zero-order valence-electron chi connectivity index (χ0n) is 34.0. The number of aliphatic hydroxyl groups excluding tert-OH is 1. The summed E-state index contributed by atoms with van der Waals surface area (Å²) in [6.07, 6.45) is 4.73. The van der Waals surface area contributed by atoms with Crippen molar-refractivity contribution in [3.8, 4) is 0 Å². The molecule has 2 aliphatic rings. The monoisotopic (exact) mass is 747 g/mol. The van der Waals surface area contributed by atoms with E-state index in [1.165, 1.54) is 41.7 Å². The van der Waals surface area contributed by atoms with Crippen molar-refractivity contribution in [1.82, 2.24) is 24.9 Å². The van der Waals surface area contributed by atoms with Gasteiger partial charge in [-0.25, -0.2) is 0 Å². The van der Waals surface area contributed by atoms with Gasteiger partial charge in [0.1, 0.15) is 24.2 Å². The second kappa shape index (κ2) is 20.1. The molecule has 53 heavy (non-hydrogen) atoms. The molecule has 0 bridgehead atoms. The molecule has 0 unspecified atom stereocenters. The lowest BCUT2D eigenvalue weighted by atomic mass is 9.91. The molecule has 0 radical (unpaired) electrons. The Balaban J connectivity index is 2.42. The van der Waals surface area contributed by atoms with Crippen molar-refractivity contribution in [2.24, 2.45) is 23.7 Å². The molecule has 0 saturated carbocycles. The predicted octanol–water partition coefficient (Wildman–Crippen LogP) is 2.91. The van der Waals surface area contributed by atoms with Gasteiger partial charge in [0.15, 0.2) is 0 Å². The van der Waals surface area contributed by atoms with E-state index in [2.05, 4.69) is 19.2 Å². The second-order valence-electron chi connectivity index (χ2n) is 16.0. The summed E-state index contributed by atoms with van der Waals surface area (Å²) in [5.41, 5.74) is 0. The van der Waals surface area contributed by atoms with Crippen LogP contribution in [0.1, 0.15) is 108 Å². The molecule has 2 aliphatic heterocycles. The van der Waals surface area contributed by atoms with Crippen LogP contribution in [0.15, 0.2) is 12.2 Å². The Morgan fingerprint density at radius 3 is 2.11 bits per heavy atom. The Hall–Kier alpha value is -3.65. The summed E-state index contributed by atoms with van der Waals surface area (Å²) in [5.74, 6) is -4.60. The molecule has 2 N–H and O–H groups in total. The van der Waals surface area contributed by atoms with Crippen LogP contribution in [0.4, 0.5) is 0 Å². The first-order chi connectivity index (χ1) is 24.6. The van der Waals surface area contributed by atoms with Crippen LogP contribution in [-0.4, -0.2) is 129 Å². The number of hydrogen-bond donors (Lipinski definition) is 2. The fourth-order valence-electron chi connectivity index (χ4n) is 7.72. The Kier molecular flexibility index (Phi) is 17.3. The van der Waals surface area contributed by atoms with Gasteiger partial charge < -0.3 is 19.6 Å². The molecule has 6 amide bonds. The number of nitrogens with one attached hydrogen (secondary N) is 1. The maximum Gasteiger partial charge on any atom is 0.302 e. The number of ether oxygens (including phenoxy) is 1. The molecule has 300 valence electrons. The molecular formula is C39H65N5O9. The van der Waals surface area contributed by atoms with Crippen LogP contribution >= 0.6 is 0 Å². The lowest BCUT2D eigenvalue weighted by Gasteiger charge is -2.40. The van der Waals surface area contributed by atoms with Gasteiger partial charge in [0.25, 0.3) is 11.8 Å². The fraction of sp³-hybridized carbons (Fsp3) is 0.769. The molecule has 9 atom stereocenters. The van der Waals surface area contributed by atoms with Crippen molar-refractivity contribution in [2.45, 2.75) is 150 Å². The Labute approximate surface area is 316 Å². The van der Waals surface area contributed by atoms with Crippen molar-refractivity contribution < 1.29 is 43.4 Å². The number of imide groups is 2. The number of rotatable bonds is 18. The van der Waals surface area contributed by atoms with Crippen LogP contribution in [-0.2, 0) is 38.3 Å². The molecular weight excluding hydrogens is 682 g/mol. The second-order valence-corrected chi connectivity index (χ2v) is 16.0. The lowest BCUT2D eigenvalue weighted by molar-refractivity contribution is -0.158. The molecule has 2 heterocycles. The third kappa shape index (κ3) is 11.9. The predicted molar refractivity (Wildman–Crippen MR) is 200 cm³/mol. The van der Waals surface area contributed by atoms with Crippen LogP contribution in [0.3, 0.4) is 0 Å². The minimum absolute atomic E-state index is 0.00245. The fourth-order valence-corrected chi connectivity index (χ4v) is 7.72. The first-order valence-electron chi connectivity index (χ1n) is 19.2. The third-order valence-electron chi connectivity index (χ3n) is 10.4. The van der Waals surface area contributed by atoms with Gasteiger partial charge in [-0.15, -0.1) is 0 Å². The molecule has 0 aromatic carbocycles. The van der Waals surface area contributed by atoms with Crippen molar-refractivity contribution in [1.29, 1.82) is 0 Å². The smallest absolute Gasteiger partial charge is 0.302 e. The SMILES string of the molecule is CCCC[C@@H](C)C[C@@H](C)C(=O)N(C)[C@@H](CC(C)C)C(=O)NC(=O)[C@H]([C@@H](C)OC(C)=O)N(C)[C@H](C(=O)N1C[C@@H](O)C[C@H]1C(=O)N1C(=O)C=C[C@@H]1C)C(C)C. The Morgan fingerprint density at radius 1 is 0.981 bits per heavy atom. The highest BCUT2D eigenvalue weighted by Crippen LogP contribution is 2.28. The summed E-state index contributed by atoms with van der Waals surface area (Å²) in [6, 6.07) is -5.06. The highest BCUT2D eigenvalue weighted by atomic mass is 16.5. The summed E-state index contributed by atoms with van der Waals surface area (Å²) >= 11 is 0. The van der Waals surface area contributed by atoms with Crippen molar-refractivity contribution in [3.05, 3.63) is 12.2 Å². The summed E-state index contributed by atoms with van der Waals surface area (Å²) in [4.78, 5) is 99.5.